The number of rotatable bonds is 11. The fourth-order valence-corrected chi connectivity index (χ4v) is 3.14. The SMILES string of the molecule is C=N/C(C(=O)N[C@@H](C)C(=O)O[C@@H](C)[C@H](Oc1ccc(F)cc1)c1ccc(F)cc1)=C(O)\C(=C/C)OC. The summed E-state index contributed by atoms with van der Waals surface area (Å²) < 4.78 is 43.1. The van der Waals surface area contributed by atoms with E-state index in [2.05, 4.69) is 17.0 Å². The van der Waals surface area contributed by atoms with Crippen LogP contribution in [0.1, 0.15) is 32.4 Å². The Morgan fingerprint density at radius 3 is 2.11 bits per heavy atom. The van der Waals surface area contributed by atoms with Crippen molar-refractivity contribution >= 4 is 18.6 Å². The van der Waals surface area contributed by atoms with Gasteiger partial charge in [0.15, 0.2) is 23.3 Å². The monoisotopic (exact) mass is 502 g/mol. The summed E-state index contributed by atoms with van der Waals surface area (Å²) in [5.41, 5.74) is 0.0589. The standard InChI is InChI=1S/C26H28F2N2O6/c1-6-21(34-5)23(31)22(29-4)25(32)30-15(2)26(33)35-16(3)24(17-7-9-18(27)10-8-17)36-20-13-11-19(28)12-14-20/h6-16,24,31H,4H2,1-3,5H3,(H,30,32)/b21-6+,23-22+/t15-,16-,24-/m0/s1. The highest BCUT2D eigenvalue weighted by Gasteiger charge is 2.29. The van der Waals surface area contributed by atoms with E-state index in [-0.39, 0.29) is 5.76 Å². The molecule has 0 heterocycles. The molecule has 8 nitrogen and oxygen atoms in total. The van der Waals surface area contributed by atoms with E-state index in [1.165, 1.54) is 68.6 Å². The van der Waals surface area contributed by atoms with Gasteiger partial charge in [0.25, 0.3) is 5.91 Å². The van der Waals surface area contributed by atoms with Crippen LogP contribution in [0.15, 0.2) is 76.8 Å². The van der Waals surface area contributed by atoms with Gasteiger partial charge in [0.1, 0.15) is 29.5 Å². The third kappa shape index (κ3) is 7.39. The molecule has 0 spiro atoms. The summed E-state index contributed by atoms with van der Waals surface area (Å²) >= 11 is 0. The number of allylic oxidation sites excluding steroid dienone is 1. The minimum Gasteiger partial charge on any atom is -0.503 e. The van der Waals surface area contributed by atoms with Crippen LogP contribution in [0.2, 0.25) is 0 Å². The fraction of sp³-hybridized carbons (Fsp3) is 0.269. The van der Waals surface area contributed by atoms with Gasteiger partial charge in [-0.15, -0.1) is 0 Å². The van der Waals surface area contributed by atoms with Gasteiger partial charge in [0.2, 0.25) is 0 Å². The quantitative estimate of drug-likeness (QED) is 0.154. The molecule has 0 saturated carbocycles. The highest BCUT2D eigenvalue weighted by atomic mass is 19.1. The van der Waals surface area contributed by atoms with Crippen LogP contribution in [0.3, 0.4) is 0 Å². The highest BCUT2D eigenvalue weighted by molar-refractivity contribution is 5.97. The first kappa shape index (κ1) is 28.0. The average molecular weight is 503 g/mol. The van der Waals surface area contributed by atoms with Crippen molar-refractivity contribution in [2.75, 3.05) is 7.11 Å². The van der Waals surface area contributed by atoms with Gasteiger partial charge >= 0.3 is 5.97 Å². The van der Waals surface area contributed by atoms with E-state index >= 15 is 0 Å². The zero-order valence-corrected chi connectivity index (χ0v) is 20.3. The lowest BCUT2D eigenvalue weighted by molar-refractivity contribution is -0.156. The second-order valence-corrected chi connectivity index (χ2v) is 7.59. The van der Waals surface area contributed by atoms with Gasteiger partial charge in [-0.3, -0.25) is 9.79 Å². The van der Waals surface area contributed by atoms with Crippen molar-refractivity contribution in [3.05, 3.63) is 89.0 Å². The normalized spacial score (nSPS) is 14.6. The lowest BCUT2D eigenvalue weighted by atomic mass is 10.0. The molecule has 3 atom stereocenters. The molecule has 0 fully saturated rings. The fourth-order valence-electron chi connectivity index (χ4n) is 3.14. The Hall–Kier alpha value is -4.21. The van der Waals surface area contributed by atoms with Gasteiger partial charge in [0.05, 0.1) is 7.11 Å². The van der Waals surface area contributed by atoms with E-state index in [1.54, 1.807) is 13.8 Å². The number of nitrogens with zero attached hydrogens (tertiary/aromatic N) is 1. The molecule has 0 radical (unpaired) electrons. The Kier molecular flexibility index (Phi) is 10.1. The highest BCUT2D eigenvalue weighted by Crippen LogP contribution is 2.27. The molecule has 0 saturated heterocycles. The van der Waals surface area contributed by atoms with Crippen LogP contribution in [-0.2, 0) is 19.1 Å². The number of halogens is 2. The van der Waals surface area contributed by atoms with E-state index in [9.17, 15) is 23.5 Å². The summed E-state index contributed by atoms with van der Waals surface area (Å²) in [5.74, 6) is -2.86. The smallest absolute Gasteiger partial charge is 0.328 e. The second-order valence-electron chi connectivity index (χ2n) is 7.59. The van der Waals surface area contributed by atoms with Gasteiger partial charge in [-0.2, -0.15) is 0 Å². The Morgan fingerprint density at radius 2 is 1.61 bits per heavy atom. The molecule has 0 aliphatic heterocycles. The molecule has 2 aromatic rings. The number of methoxy groups -OCH3 is 1. The molecule has 2 rings (SSSR count). The van der Waals surface area contributed by atoms with Gasteiger partial charge in [-0.05, 0) is 75.5 Å². The van der Waals surface area contributed by atoms with Crippen molar-refractivity contribution < 1.29 is 37.7 Å². The van der Waals surface area contributed by atoms with Crippen LogP contribution in [0.25, 0.3) is 0 Å². The molecule has 10 heteroatoms. The second kappa shape index (κ2) is 13.0. The number of hydrogen-bond acceptors (Lipinski definition) is 7. The number of esters is 1. The lowest BCUT2D eigenvalue weighted by Gasteiger charge is -2.27. The Morgan fingerprint density at radius 1 is 1.06 bits per heavy atom. The molecule has 0 aliphatic carbocycles. The number of nitrogens with one attached hydrogen (secondary N) is 1. The van der Waals surface area contributed by atoms with Crippen molar-refractivity contribution in [3.63, 3.8) is 0 Å². The zero-order valence-electron chi connectivity index (χ0n) is 20.3. The van der Waals surface area contributed by atoms with Crippen LogP contribution >= 0.6 is 0 Å². The minimum atomic E-state index is -1.15. The molecule has 0 aromatic heterocycles. The molecule has 0 bridgehead atoms. The average Bonchev–Trinajstić information content (AvgIpc) is 2.85. The van der Waals surface area contributed by atoms with E-state index in [0.29, 0.717) is 11.3 Å². The summed E-state index contributed by atoms with van der Waals surface area (Å²) in [4.78, 5) is 28.8. The number of amides is 1. The maximum absolute atomic E-state index is 13.5. The van der Waals surface area contributed by atoms with Crippen molar-refractivity contribution in [1.82, 2.24) is 5.32 Å². The van der Waals surface area contributed by atoms with E-state index in [4.69, 9.17) is 14.2 Å². The van der Waals surface area contributed by atoms with Crippen molar-refractivity contribution in [3.8, 4) is 5.75 Å². The largest absolute Gasteiger partial charge is 0.503 e. The topological polar surface area (TPSA) is 106 Å². The molecule has 192 valence electrons. The number of aliphatic hydroxyl groups excluding tert-OH is 1. The molecular weight excluding hydrogens is 474 g/mol. The van der Waals surface area contributed by atoms with Crippen LogP contribution in [0.4, 0.5) is 8.78 Å². The molecule has 0 aliphatic rings. The summed E-state index contributed by atoms with van der Waals surface area (Å²) in [6.07, 6.45) is -0.364. The summed E-state index contributed by atoms with van der Waals surface area (Å²) in [6, 6.07) is 9.50. The zero-order chi connectivity index (χ0) is 26.8. The van der Waals surface area contributed by atoms with Crippen LogP contribution < -0.4 is 10.1 Å². The van der Waals surface area contributed by atoms with Gasteiger partial charge in [-0.25, -0.2) is 13.6 Å². The maximum atomic E-state index is 13.5. The van der Waals surface area contributed by atoms with Gasteiger partial charge in [-0.1, -0.05) is 12.1 Å². The maximum Gasteiger partial charge on any atom is 0.328 e. The number of benzene rings is 2. The molecular formula is C26H28F2N2O6. The molecule has 2 aromatic carbocycles. The predicted molar refractivity (Wildman–Crippen MR) is 129 cm³/mol. The Bertz CT molecular complexity index is 1130. The number of hydrogen-bond donors (Lipinski definition) is 2. The van der Waals surface area contributed by atoms with E-state index in [0.717, 1.165) is 0 Å². The lowest BCUT2D eigenvalue weighted by Crippen LogP contribution is -2.42. The van der Waals surface area contributed by atoms with Crippen LogP contribution in [-0.4, -0.2) is 43.0 Å². The third-order valence-electron chi connectivity index (χ3n) is 5.02. The summed E-state index contributed by atoms with van der Waals surface area (Å²) in [5, 5.41) is 12.6. The van der Waals surface area contributed by atoms with Crippen molar-refractivity contribution in [2.24, 2.45) is 4.99 Å². The van der Waals surface area contributed by atoms with Gasteiger partial charge < -0.3 is 24.6 Å². The summed E-state index contributed by atoms with van der Waals surface area (Å²) in [7, 11) is 1.30. The number of aliphatic hydroxyl groups is 1. The first-order chi connectivity index (χ1) is 17.1. The molecule has 0 unspecified atom stereocenters. The van der Waals surface area contributed by atoms with Crippen LogP contribution in [0.5, 0.6) is 5.75 Å². The van der Waals surface area contributed by atoms with E-state index in [1.807, 2.05) is 0 Å². The third-order valence-corrected chi connectivity index (χ3v) is 5.02. The number of carbonyl (C=O) groups is 2. The van der Waals surface area contributed by atoms with Gasteiger partial charge in [0, 0.05) is 0 Å². The first-order valence-corrected chi connectivity index (χ1v) is 10.9. The van der Waals surface area contributed by atoms with E-state index < -0.39 is 53.2 Å². The Labute approximate surface area is 207 Å². The number of ether oxygens (including phenoxy) is 3. The summed E-state index contributed by atoms with van der Waals surface area (Å²) in [6.45, 7) is 7.79. The molecule has 36 heavy (non-hydrogen) atoms. The first-order valence-electron chi connectivity index (χ1n) is 10.9. The number of carbonyl (C=O) groups excluding carboxylic acids is 2. The molecule has 2 N–H and O–H groups in total. The predicted octanol–water partition coefficient (Wildman–Crippen LogP) is 4.54. The number of aliphatic imine (C=N–C) groups is 1. The van der Waals surface area contributed by atoms with Crippen LogP contribution in [0, 0.1) is 11.6 Å². The molecule has 1 amide bonds. The minimum absolute atomic E-state index is 0.00326. The van der Waals surface area contributed by atoms with Crippen molar-refractivity contribution in [1.29, 1.82) is 0 Å². The van der Waals surface area contributed by atoms with Crippen molar-refractivity contribution in [2.45, 2.75) is 39.0 Å². The Balaban J connectivity index is 2.18.